The Balaban J connectivity index is 2.28. The maximum absolute atomic E-state index is 11.6. The minimum absolute atomic E-state index is 0.135. The molecule has 0 aliphatic carbocycles. The lowest BCUT2D eigenvalue weighted by Crippen LogP contribution is -2.27. The second kappa shape index (κ2) is 7.50. The maximum Gasteiger partial charge on any atom is 0.303 e. The first-order valence-corrected chi connectivity index (χ1v) is 6.42. The molecule has 106 valence electrons. The fraction of sp³-hybridized carbons (Fsp3) is 0.667. The molecular formula is C12H20N4O3. The standard InChI is InChI=1S/C12H20N4O3/c1-3-9(4-5-10(17)18)6-7-13-12(19)11-14-8(2)15-16-11/h9H,3-7H2,1-2H3,(H,13,19)(H,17,18)(H,14,15,16). The second-order valence-electron chi connectivity index (χ2n) is 4.50. The van der Waals surface area contributed by atoms with Crippen LogP contribution in [0.4, 0.5) is 0 Å². The number of aliphatic carboxylic acids is 1. The van der Waals surface area contributed by atoms with E-state index >= 15 is 0 Å². The Kier molecular flexibility index (Phi) is 5.98. The maximum atomic E-state index is 11.6. The van der Waals surface area contributed by atoms with E-state index in [1.807, 2.05) is 6.92 Å². The fourth-order valence-electron chi connectivity index (χ4n) is 1.79. The molecule has 0 spiro atoms. The van der Waals surface area contributed by atoms with Gasteiger partial charge in [0, 0.05) is 13.0 Å². The zero-order valence-electron chi connectivity index (χ0n) is 11.3. The van der Waals surface area contributed by atoms with E-state index in [4.69, 9.17) is 5.11 Å². The van der Waals surface area contributed by atoms with Crippen LogP contribution in [0.3, 0.4) is 0 Å². The molecule has 1 aromatic heterocycles. The van der Waals surface area contributed by atoms with Gasteiger partial charge in [0.05, 0.1) is 0 Å². The Morgan fingerprint density at radius 2 is 2.16 bits per heavy atom. The van der Waals surface area contributed by atoms with Crippen molar-refractivity contribution in [1.29, 1.82) is 0 Å². The second-order valence-corrected chi connectivity index (χ2v) is 4.50. The number of aromatic nitrogens is 3. The number of carbonyl (C=O) groups excluding carboxylic acids is 1. The van der Waals surface area contributed by atoms with Gasteiger partial charge in [-0.15, -0.1) is 5.10 Å². The van der Waals surface area contributed by atoms with Crippen molar-refractivity contribution >= 4 is 11.9 Å². The molecule has 1 aromatic rings. The van der Waals surface area contributed by atoms with E-state index in [0.29, 0.717) is 24.7 Å². The monoisotopic (exact) mass is 268 g/mol. The van der Waals surface area contributed by atoms with Crippen molar-refractivity contribution in [2.24, 2.45) is 5.92 Å². The van der Waals surface area contributed by atoms with Crippen molar-refractivity contribution < 1.29 is 14.7 Å². The van der Waals surface area contributed by atoms with Crippen molar-refractivity contribution in [3.63, 3.8) is 0 Å². The van der Waals surface area contributed by atoms with Crippen LogP contribution in [-0.2, 0) is 4.79 Å². The van der Waals surface area contributed by atoms with Crippen LogP contribution < -0.4 is 5.32 Å². The number of H-pyrrole nitrogens is 1. The molecule has 0 aliphatic rings. The number of rotatable bonds is 8. The van der Waals surface area contributed by atoms with Crippen molar-refractivity contribution in [2.75, 3.05) is 6.54 Å². The number of nitrogens with zero attached hydrogens (tertiary/aromatic N) is 2. The van der Waals surface area contributed by atoms with Gasteiger partial charge in [-0.3, -0.25) is 14.7 Å². The highest BCUT2D eigenvalue weighted by molar-refractivity contribution is 5.90. The Morgan fingerprint density at radius 3 is 2.68 bits per heavy atom. The number of carboxylic acids is 1. The van der Waals surface area contributed by atoms with Crippen LogP contribution in [0.15, 0.2) is 0 Å². The van der Waals surface area contributed by atoms with E-state index in [2.05, 4.69) is 20.5 Å². The molecule has 19 heavy (non-hydrogen) atoms. The normalized spacial score (nSPS) is 12.1. The van der Waals surface area contributed by atoms with Crippen LogP contribution in [0.5, 0.6) is 0 Å². The van der Waals surface area contributed by atoms with E-state index < -0.39 is 5.97 Å². The van der Waals surface area contributed by atoms with Gasteiger partial charge in [-0.05, 0) is 25.7 Å². The third-order valence-corrected chi connectivity index (χ3v) is 2.98. The van der Waals surface area contributed by atoms with E-state index in [1.54, 1.807) is 6.92 Å². The predicted octanol–water partition coefficient (Wildman–Crippen LogP) is 1.12. The first-order valence-electron chi connectivity index (χ1n) is 6.42. The SMILES string of the molecule is CCC(CCNC(=O)c1n[nH]c(C)n1)CCC(=O)O. The lowest BCUT2D eigenvalue weighted by Gasteiger charge is -2.13. The van der Waals surface area contributed by atoms with Gasteiger partial charge in [-0.25, -0.2) is 4.98 Å². The number of hydrogen-bond acceptors (Lipinski definition) is 4. The number of carboxylic acid groups (broad SMARTS) is 1. The van der Waals surface area contributed by atoms with Gasteiger partial charge in [-0.1, -0.05) is 13.3 Å². The number of hydrogen-bond donors (Lipinski definition) is 3. The lowest BCUT2D eigenvalue weighted by molar-refractivity contribution is -0.137. The topological polar surface area (TPSA) is 108 Å². The summed E-state index contributed by atoms with van der Waals surface area (Å²) >= 11 is 0. The van der Waals surface area contributed by atoms with Gasteiger partial charge in [0.25, 0.3) is 5.91 Å². The third-order valence-electron chi connectivity index (χ3n) is 2.98. The molecule has 0 radical (unpaired) electrons. The van der Waals surface area contributed by atoms with E-state index in [-0.39, 0.29) is 18.2 Å². The van der Waals surface area contributed by atoms with Gasteiger partial charge >= 0.3 is 5.97 Å². The van der Waals surface area contributed by atoms with E-state index in [1.165, 1.54) is 0 Å². The molecule has 1 unspecified atom stereocenters. The lowest BCUT2D eigenvalue weighted by atomic mass is 9.97. The van der Waals surface area contributed by atoms with Crippen LogP contribution in [0, 0.1) is 12.8 Å². The van der Waals surface area contributed by atoms with Crippen LogP contribution in [0.1, 0.15) is 49.1 Å². The fourth-order valence-corrected chi connectivity index (χ4v) is 1.79. The first kappa shape index (κ1) is 15.1. The highest BCUT2D eigenvalue weighted by Crippen LogP contribution is 2.14. The Morgan fingerprint density at radius 1 is 1.42 bits per heavy atom. The molecule has 7 nitrogen and oxygen atoms in total. The number of aromatic amines is 1. The summed E-state index contributed by atoms with van der Waals surface area (Å²) in [6.45, 7) is 4.25. The summed E-state index contributed by atoms with van der Waals surface area (Å²) in [5.74, 6) is -0.0458. The van der Waals surface area contributed by atoms with Gasteiger partial charge in [-0.2, -0.15) is 0 Å². The Bertz CT molecular complexity index is 430. The van der Waals surface area contributed by atoms with E-state index in [9.17, 15) is 9.59 Å². The molecule has 3 N–H and O–H groups in total. The third kappa shape index (κ3) is 5.50. The van der Waals surface area contributed by atoms with Crippen molar-refractivity contribution in [3.8, 4) is 0 Å². The van der Waals surface area contributed by atoms with E-state index in [0.717, 1.165) is 12.8 Å². The van der Waals surface area contributed by atoms with Gasteiger partial charge in [0.1, 0.15) is 5.82 Å². The molecule has 0 bridgehead atoms. The summed E-state index contributed by atoms with van der Waals surface area (Å²) in [5, 5.41) is 17.7. The zero-order chi connectivity index (χ0) is 14.3. The molecular weight excluding hydrogens is 248 g/mol. The average molecular weight is 268 g/mol. The number of aryl methyl sites for hydroxylation is 1. The van der Waals surface area contributed by atoms with Gasteiger partial charge in [0.2, 0.25) is 5.82 Å². The molecule has 1 atom stereocenters. The number of carbonyl (C=O) groups is 2. The molecule has 0 fully saturated rings. The molecule has 1 heterocycles. The molecule has 7 heteroatoms. The highest BCUT2D eigenvalue weighted by Gasteiger charge is 2.12. The molecule has 0 saturated heterocycles. The largest absolute Gasteiger partial charge is 0.481 e. The molecule has 0 saturated carbocycles. The minimum atomic E-state index is -0.779. The minimum Gasteiger partial charge on any atom is -0.481 e. The predicted molar refractivity (Wildman–Crippen MR) is 68.7 cm³/mol. The first-order chi connectivity index (χ1) is 9.02. The van der Waals surface area contributed by atoms with Crippen LogP contribution in [-0.4, -0.2) is 38.7 Å². The average Bonchev–Trinajstić information content (AvgIpc) is 2.79. The highest BCUT2D eigenvalue weighted by atomic mass is 16.4. The van der Waals surface area contributed by atoms with Crippen molar-refractivity contribution in [3.05, 3.63) is 11.6 Å². The molecule has 0 aliphatic heterocycles. The summed E-state index contributed by atoms with van der Waals surface area (Å²) in [5.41, 5.74) is 0. The Labute approximate surface area is 111 Å². The molecule has 1 rings (SSSR count). The van der Waals surface area contributed by atoms with Crippen LogP contribution in [0.2, 0.25) is 0 Å². The van der Waals surface area contributed by atoms with Crippen molar-refractivity contribution in [2.45, 2.75) is 39.5 Å². The number of nitrogens with one attached hydrogen (secondary N) is 2. The van der Waals surface area contributed by atoms with Crippen LogP contribution in [0.25, 0.3) is 0 Å². The quantitative estimate of drug-likeness (QED) is 0.655. The number of amides is 1. The van der Waals surface area contributed by atoms with Gasteiger partial charge in [0.15, 0.2) is 0 Å². The van der Waals surface area contributed by atoms with Crippen molar-refractivity contribution in [1.82, 2.24) is 20.5 Å². The summed E-state index contributed by atoms with van der Waals surface area (Å²) in [6.07, 6.45) is 2.48. The Hall–Kier alpha value is -1.92. The summed E-state index contributed by atoms with van der Waals surface area (Å²) in [7, 11) is 0. The van der Waals surface area contributed by atoms with Crippen LogP contribution >= 0.6 is 0 Å². The molecule has 1 amide bonds. The van der Waals surface area contributed by atoms with Gasteiger partial charge < -0.3 is 10.4 Å². The zero-order valence-corrected chi connectivity index (χ0v) is 11.3. The molecule has 0 aromatic carbocycles. The summed E-state index contributed by atoms with van der Waals surface area (Å²) < 4.78 is 0. The summed E-state index contributed by atoms with van der Waals surface area (Å²) in [6, 6.07) is 0. The summed E-state index contributed by atoms with van der Waals surface area (Å²) in [4.78, 5) is 26.1. The smallest absolute Gasteiger partial charge is 0.303 e.